The van der Waals surface area contributed by atoms with E-state index in [9.17, 15) is 4.79 Å². The number of pyridine rings is 2. The van der Waals surface area contributed by atoms with Crippen LogP contribution < -0.4 is 11.1 Å². The zero-order valence-electron chi connectivity index (χ0n) is 11.7. The number of anilines is 2. The lowest BCUT2D eigenvalue weighted by Gasteiger charge is -2.07. The molecule has 3 aromatic rings. The first-order valence-corrected chi connectivity index (χ1v) is 7.26. The predicted octanol–water partition coefficient (Wildman–Crippen LogP) is 3.14. The van der Waals surface area contributed by atoms with E-state index in [4.69, 9.17) is 5.73 Å². The van der Waals surface area contributed by atoms with Gasteiger partial charge < -0.3 is 11.1 Å². The summed E-state index contributed by atoms with van der Waals surface area (Å²) in [7, 11) is 0. The molecule has 0 bridgehead atoms. The van der Waals surface area contributed by atoms with Crippen LogP contribution in [0, 0.1) is 13.8 Å². The van der Waals surface area contributed by atoms with Crippen molar-refractivity contribution in [2.75, 3.05) is 11.1 Å². The quantitative estimate of drug-likeness (QED) is 0.761. The Kier molecular flexibility index (Phi) is 3.31. The Morgan fingerprint density at radius 3 is 2.81 bits per heavy atom. The van der Waals surface area contributed by atoms with E-state index in [-0.39, 0.29) is 5.91 Å². The molecule has 0 aromatic carbocycles. The van der Waals surface area contributed by atoms with Crippen LogP contribution in [0.15, 0.2) is 30.5 Å². The first-order chi connectivity index (χ1) is 10.1. The van der Waals surface area contributed by atoms with Crippen LogP contribution >= 0.6 is 11.3 Å². The van der Waals surface area contributed by atoms with Crippen molar-refractivity contribution >= 4 is 38.8 Å². The number of nitrogen functional groups attached to an aromatic ring is 1. The van der Waals surface area contributed by atoms with Crippen LogP contribution in [-0.2, 0) is 0 Å². The number of fused-ring (bicyclic) bond motifs is 1. The normalized spacial score (nSPS) is 10.8. The fraction of sp³-hybridized carbons (Fsp3) is 0.133. The van der Waals surface area contributed by atoms with E-state index in [1.54, 1.807) is 12.3 Å². The van der Waals surface area contributed by atoms with Crippen molar-refractivity contribution in [1.82, 2.24) is 9.97 Å². The van der Waals surface area contributed by atoms with Crippen molar-refractivity contribution in [1.29, 1.82) is 0 Å². The highest BCUT2D eigenvalue weighted by Crippen LogP contribution is 2.32. The Balaban J connectivity index is 1.95. The van der Waals surface area contributed by atoms with Gasteiger partial charge in [-0.05, 0) is 38.1 Å². The molecule has 0 saturated heterocycles. The highest BCUT2D eigenvalue weighted by Gasteiger charge is 2.17. The predicted molar refractivity (Wildman–Crippen MR) is 85.7 cm³/mol. The number of aromatic nitrogens is 2. The lowest BCUT2D eigenvalue weighted by Crippen LogP contribution is -2.13. The molecule has 3 N–H and O–H groups in total. The van der Waals surface area contributed by atoms with Gasteiger partial charge in [-0.25, -0.2) is 4.98 Å². The summed E-state index contributed by atoms with van der Waals surface area (Å²) in [6.45, 7) is 3.77. The molecule has 3 heterocycles. The number of rotatable bonds is 2. The molecule has 3 aromatic heterocycles. The number of hydrogen-bond acceptors (Lipinski definition) is 5. The van der Waals surface area contributed by atoms with E-state index in [1.807, 2.05) is 32.0 Å². The van der Waals surface area contributed by atoms with E-state index in [1.165, 1.54) is 11.3 Å². The molecule has 5 nitrogen and oxygen atoms in total. The van der Waals surface area contributed by atoms with Gasteiger partial charge in [-0.15, -0.1) is 11.3 Å². The Morgan fingerprint density at radius 1 is 1.29 bits per heavy atom. The van der Waals surface area contributed by atoms with E-state index in [0.717, 1.165) is 21.6 Å². The first kappa shape index (κ1) is 13.5. The maximum atomic E-state index is 12.4. The van der Waals surface area contributed by atoms with E-state index < -0.39 is 0 Å². The average Bonchev–Trinajstić information content (AvgIpc) is 2.80. The summed E-state index contributed by atoms with van der Waals surface area (Å²) in [6.07, 6.45) is 1.69. The molecule has 0 aliphatic carbocycles. The third-order valence-corrected chi connectivity index (χ3v) is 4.31. The van der Waals surface area contributed by atoms with Gasteiger partial charge in [0.15, 0.2) is 0 Å². The molecule has 1 amide bonds. The smallest absolute Gasteiger partial charge is 0.268 e. The third kappa shape index (κ3) is 2.45. The Hall–Kier alpha value is -2.47. The summed E-state index contributed by atoms with van der Waals surface area (Å²) in [6, 6.07) is 7.38. The fourth-order valence-corrected chi connectivity index (χ4v) is 3.08. The standard InChI is InChI=1S/C15H14N4OS/c1-8-5-6-11(9(2)18-8)19-14(20)13-12(16)10-4-3-7-17-15(10)21-13/h3-7H,16H2,1-2H3,(H,19,20). The van der Waals surface area contributed by atoms with Gasteiger partial charge in [-0.3, -0.25) is 9.78 Å². The second-order valence-electron chi connectivity index (χ2n) is 4.74. The Labute approximate surface area is 125 Å². The molecular weight excluding hydrogens is 284 g/mol. The Morgan fingerprint density at radius 2 is 2.10 bits per heavy atom. The molecule has 0 aliphatic heterocycles. The maximum absolute atomic E-state index is 12.4. The number of nitrogens with zero attached hydrogens (tertiary/aromatic N) is 2. The monoisotopic (exact) mass is 298 g/mol. The van der Waals surface area contributed by atoms with Crippen LogP contribution in [0.1, 0.15) is 21.1 Å². The van der Waals surface area contributed by atoms with Crippen LogP contribution in [0.5, 0.6) is 0 Å². The maximum Gasteiger partial charge on any atom is 0.268 e. The van der Waals surface area contributed by atoms with Crippen LogP contribution in [-0.4, -0.2) is 15.9 Å². The van der Waals surface area contributed by atoms with E-state index in [2.05, 4.69) is 15.3 Å². The van der Waals surface area contributed by atoms with Crippen LogP contribution in [0.4, 0.5) is 11.4 Å². The number of carbonyl (C=O) groups is 1. The highest BCUT2D eigenvalue weighted by molar-refractivity contribution is 7.21. The number of hydrogen-bond donors (Lipinski definition) is 2. The minimum absolute atomic E-state index is 0.232. The summed E-state index contributed by atoms with van der Waals surface area (Å²) in [5.41, 5.74) is 8.90. The number of carbonyl (C=O) groups excluding carboxylic acids is 1. The number of amides is 1. The van der Waals surface area contributed by atoms with E-state index in [0.29, 0.717) is 16.3 Å². The van der Waals surface area contributed by atoms with Crippen molar-refractivity contribution in [3.63, 3.8) is 0 Å². The number of aryl methyl sites for hydroxylation is 2. The minimum Gasteiger partial charge on any atom is -0.397 e. The third-order valence-electron chi connectivity index (χ3n) is 3.18. The second kappa shape index (κ2) is 5.14. The first-order valence-electron chi connectivity index (χ1n) is 6.45. The molecule has 21 heavy (non-hydrogen) atoms. The summed E-state index contributed by atoms with van der Waals surface area (Å²) in [5.74, 6) is -0.232. The molecule has 6 heteroatoms. The second-order valence-corrected chi connectivity index (χ2v) is 5.74. The summed E-state index contributed by atoms with van der Waals surface area (Å²) < 4.78 is 0. The molecule has 0 aliphatic rings. The minimum atomic E-state index is -0.232. The molecule has 106 valence electrons. The van der Waals surface area contributed by atoms with Gasteiger partial charge in [0.2, 0.25) is 0 Å². The van der Waals surface area contributed by atoms with Gasteiger partial charge in [-0.2, -0.15) is 0 Å². The van der Waals surface area contributed by atoms with Crippen LogP contribution in [0.2, 0.25) is 0 Å². The molecule has 0 spiro atoms. The topological polar surface area (TPSA) is 80.9 Å². The molecule has 0 radical (unpaired) electrons. The van der Waals surface area contributed by atoms with Gasteiger partial charge in [-0.1, -0.05) is 0 Å². The molecule has 0 atom stereocenters. The molecule has 0 fully saturated rings. The van der Waals surface area contributed by atoms with Crippen LogP contribution in [0.3, 0.4) is 0 Å². The average molecular weight is 298 g/mol. The largest absolute Gasteiger partial charge is 0.397 e. The van der Waals surface area contributed by atoms with Crippen molar-refractivity contribution in [2.24, 2.45) is 0 Å². The van der Waals surface area contributed by atoms with Gasteiger partial charge in [0.25, 0.3) is 5.91 Å². The summed E-state index contributed by atoms with van der Waals surface area (Å²) in [5, 5.41) is 3.67. The van der Waals surface area contributed by atoms with Crippen molar-refractivity contribution in [3.05, 3.63) is 46.7 Å². The zero-order chi connectivity index (χ0) is 15.0. The van der Waals surface area contributed by atoms with Gasteiger partial charge >= 0.3 is 0 Å². The lowest BCUT2D eigenvalue weighted by molar-refractivity contribution is 0.103. The summed E-state index contributed by atoms with van der Waals surface area (Å²) >= 11 is 1.29. The Bertz CT molecular complexity index is 841. The summed E-state index contributed by atoms with van der Waals surface area (Å²) in [4.78, 5) is 22.2. The number of nitrogens with two attached hydrogens (primary N) is 1. The zero-order valence-corrected chi connectivity index (χ0v) is 12.5. The van der Waals surface area contributed by atoms with Crippen molar-refractivity contribution < 1.29 is 4.79 Å². The molecule has 0 unspecified atom stereocenters. The SMILES string of the molecule is Cc1ccc(NC(=O)c2sc3ncccc3c2N)c(C)n1. The van der Waals surface area contributed by atoms with Crippen molar-refractivity contribution in [2.45, 2.75) is 13.8 Å². The number of nitrogens with one attached hydrogen (secondary N) is 1. The molecule has 0 saturated carbocycles. The van der Waals surface area contributed by atoms with E-state index >= 15 is 0 Å². The fourth-order valence-electron chi connectivity index (χ4n) is 2.12. The molecule has 3 rings (SSSR count). The highest BCUT2D eigenvalue weighted by atomic mass is 32.1. The van der Waals surface area contributed by atoms with Gasteiger partial charge in [0, 0.05) is 17.3 Å². The lowest BCUT2D eigenvalue weighted by atomic mass is 10.2. The molecular formula is C15H14N4OS. The van der Waals surface area contributed by atoms with Crippen molar-refractivity contribution in [3.8, 4) is 0 Å². The van der Waals surface area contributed by atoms with Gasteiger partial charge in [0.05, 0.1) is 17.1 Å². The van der Waals surface area contributed by atoms with Crippen LogP contribution in [0.25, 0.3) is 10.2 Å². The number of thiophene rings is 1. The van der Waals surface area contributed by atoms with Gasteiger partial charge in [0.1, 0.15) is 9.71 Å².